The van der Waals surface area contributed by atoms with E-state index >= 15 is 0 Å². The molecule has 2 rings (SSSR count). The zero-order valence-electron chi connectivity index (χ0n) is 8.64. The van der Waals surface area contributed by atoms with Crippen molar-refractivity contribution in [2.45, 2.75) is 0 Å². The minimum atomic E-state index is -0.925. The Morgan fingerprint density at radius 3 is 2.44 bits per heavy atom. The molecule has 0 bridgehead atoms. The van der Waals surface area contributed by atoms with Crippen molar-refractivity contribution in [3.05, 3.63) is 47.1 Å². The molecule has 82 valence electrons. The van der Waals surface area contributed by atoms with Crippen molar-refractivity contribution in [3.8, 4) is 11.3 Å². The van der Waals surface area contributed by atoms with Crippen molar-refractivity contribution >= 4 is 17.6 Å². The summed E-state index contributed by atoms with van der Waals surface area (Å²) in [6.45, 7) is 0. The standard InChI is InChI=1S/C12H10ClNO2/c1-14-7-6-10(12(15)16)11(14)8-2-4-9(13)5-3-8/h2-7H,1H3,(H,15,16). The Hall–Kier alpha value is -1.74. The quantitative estimate of drug-likeness (QED) is 0.869. The summed E-state index contributed by atoms with van der Waals surface area (Å²) >= 11 is 5.79. The number of hydrogen-bond donors (Lipinski definition) is 1. The van der Waals surface area contributed by atoms with Gasteiger partial charge in [-0.05, 0) is 23.8 Å². The van der Waals surface area contributed by atoms with Crippen LogP contribution < -0.4 is 0 Å². The first-order chi connectivity index (χ1) is 7.59. The number of carboxylic acids is 1. The molecule has 16 heavy (non-hydrogen) atoms. The monoisotopic (exact) mass is 235 g/mol. The zero-order chi connectivity index (χ0) is 11.7. The van der Waals surface area contributed by atoms with Crippen LogP contribution in [0.4, 0.5) is 0 Å². The predicted molar refractivity (Wildman–Crippen MR) is 62.8 cm³/mol. The first-order valence-electron chi connectivity index (χ1n) is 4.74. The molecule has 0 saturated carbocycles. The van der Waals surface area contributed by atoms with Crippen molar-refractivity contribution in [3.63, 3.8) is 0 Å². The minimum absolute atomic E-state index is 0.296. The molecule has 0 spiro atoms. The first kappa shape index (κ1) is 10.8. The molecule has 1 N–H and O–H groups in total. The molecule has 4 heteroatoms. The van der Waals surface area contributed by atoms with Crippen LogP contribution in [-0.2, 0) is 7.05 Å². The highest BCUT2D eigenvalue weighted by atomic mass is 35.5. The van der Waals surface area contributed by atoms with Crippen LogP contribution in [0.1, 0.15) is 10.4 Å². The minimum Gasteiger partial charge on any atom is -0.478 e. The summed E-state index contributed by atoms with van der Waals surface area (Å²) in [5, 5.41) is 9.69. The third-order valence-corrected chi connectivity index (χ3v) is 2.67. The molecule has 0 saturated heterocycles. The number of aromatic nitrogens is 1. The first-order valence-corrected chi connectivity index (χ1v) is 5.12. The van der Waals surface area contributed by atoms with Gasteiger partial charge in [0.2, 0.25) is 0 Å². The third kappa shape index (κ3) is 1.82. The van der Waals surface area contributed by atoms with E-state index in [1.54, 1.807) is 29.0 Å². The second-order valence-corrected chi connectivity index (χ2v) is 3.94. The number of carboxylic acid groups (broad SMARTS) is 1. The second kappa shape index (κ2) is 4.02. The predicted octanol–water partition coefficient (Wildman–Crippen LogP) is 3.04. The highest BCUT2D eigenvalue weighted by Gasteiger charge is 2.14. The van der Waals surface area contributed by atoms with Crippen molar-refractivity contribution in [1.82, 2.24) is 4.57 Å². The van der Waals surface area contributed by atoms with Gasteiger partial charge in [0, 0.05) is 18.3 Å². The van der Waals surface area contributed by atoms with E-state index in [9.17, 15) is 4.79 Å². The molecular weight excluding hydrogens is 226 g/mol. The summed E-state index contributed by atoms with van der Waals surface area (Å²) < 4.78 is 1.78. The van der Waals surface area contributed by atoms with Crippen LogP contribution in [0.2, 0.25) is 5.02 Å². The number of hydrogen-bond acceptors (Lipinski definition) is 1. The molecule has 0 atom stereocenters. The van der Waals surface area contributed by atoms with Crippen molar-refractivity contribution in [2.24, 2.45) is 7.05 Å². The van der Waals surface area contributed by atoms with Gasteiger partial charge < -0.3 is 9.67 Å². The molecule has 1 aromatic carbocycles. The second-order valence-electron chi connectivity index (χ2n) is 3.50. The van der Waals surface area contributed by atoms with Crippen LogP contribution in [-0.4, -0.2) is 15.6 Å². The Kier molecular flexibility index (Phi) is 2.71. The molecule has 0 aliphatic heterocycles. The van der Waals surface area contributed by atoms with Gasteiger partial charge in [-0.1, -0.05) is 23.7 Å². The van der Waals surface area contributed by atoms with Gasteiger partial charge in [0.1, 0.15) is 0 Å². The molecule has 0 radical (unpaired) electrons. The third-order valence-electron chi connectivity index (χ3n) is 2.42. The van der Waals surface area contributed by atoms with Gasteiger partial charge in [0.15, 0.2) is 0 Å². The summed E-state index contributed by atoms with van der Waals surface area (Å²) in [6, 6.07) is 8.70. The average molecular weight is 236 g/mol. The maximum absolute atomic E-state index is 11.0. The van der Waals surface area contributed by atoms with Gasteiger partial charge in [0.05, 0.1) is 11.3 Å². The molecule has 0 amide bonds. The van der Waals surface area contributed by atoms with Crippen LogP contribution in [0.15, 0.2) is 36.5 Å². The van der Waals surface area contributed by atoms with Crippen LogP contribution in [0.5, 0.6) is 0 Å². The Morgan fingerprint density at radius 1 is 1.25 bits per heavy atom. The molecule has 3 nitrogen and oxygen atoms in total. The van der Waals surface area contributed by atoms with Gasteiger partial charge >= 0.3 is 5.97 Å². The van der Waals surface area contributed by atoms with Crippen molar-refractivity contribution in [1.29, 1.82) is 0 Å². The zero-order valence-corrected chi connectivity index (χ0v) is 9.40. The van der Waals surface area contributed by atoms with Gasteiger partial charge in [0.25, 0.3) is 0 Å². The number of carbonyl (C=O) groups is 1. The van der Waals surface area contributed by atoms with Crippen molar-refractivity contribution < 1.29 is 9.90 Å². The van der Waals surface area contributed by atoms with Gasteiger partial charge in [-0.25, -0.2) is 4.79 Å². The maximum atomic E-state index is 11.0. The molecule has 0 aliphatic rings. The van der Waals surface area contributed by atoms with Gasteiger partial charge in [-0.3, -0.25) is 0 Å². The fourth-order valence-electron chi connectivity index (χ4n) is 1.67. The van der Waals surface area contributed by atoms with Crippen LogP contribution in [0.3, 0.4) is 0 Å². The van der Waals surface area contributed by atoms with Gasteiger partial charge in [-0.2, -0.15) is 0 Å². The lowest BCUT2D eigenvalue weighted by Crippen LogP contribution is -1.99. The van der Waals surface area contributed by atoms with E-state index < -0.39 is 5.97 Å². The molecule has 0 unspecified atom stereocenters. The summed E-state index contributed by atoms with van der Waals surface area (Å²) in [5.41, 5.74) is 1.82. The maximum Gasteiger partial charge on any atom is 0.337 e. The van der Waals surface area contributed by atoms with E-state index in [0.29, 0.717) is 16.3 Å². The highest BCUT2D eigenvalue weighted by Crippen LogP contribution is 2.25. The topological polar surface area (TPSA) is 42.2 Å². The largest absolute Gasteiger partial charge is 0.478 e. The smallest absolute Gasteiger partial charge is 0.337 e. The highest BCUT2D eigenvalue weighted by molar-refractivity contribution is 6.30. The van der Waals surface area contributed by atoms with Crippen LogP contribution >= 0.6 is 11.6 Å². The fourth-order valence-corrected chi connectivity index (χ4v) is 1.80. The molecule has 1 aromatic heterocycles. The molecule has 2 aromatic rings. The molecular formula is C12H10ClNO2. The number of aromatic carboxylic acids is 1. The lowest BCUT2D eigenvalue weighted by molar-refractivity contribution is 0.0698. The number of aryl methyl sites for hydroxylation is 1. The summed E-state index contributed by atoms with van der Waals surface area (Å²) in [7, 11) is 1.82. The Labute approximate surface area is 97.9 Å². The van der Waals surface area contributed by atoms with E-state index in [1.807, 2.05) is 19.2 Å². The van der Waals surface area contributed by atoms with Crippen LogP contribution in [0, 0.1) is 0 Å². The Morgan fingerprint density at radius 2 is 1.88 bits per heavy atom. The lowest BCUT2D eigenvalue weighted by Gasteiger charge is -2.05. The van der Waals surface area contributed by atoms with Crippen LogP contribution in [0.25, 0.3) is 11.3 Å². The molecule has 0 aliphatic carbocycles. The summed E-state index contributed by atoms with van der Waals surface area (Å²) in [6.07, 6.45) is 1.73. The summed E-state index contributed by atoms with van der Waals surface area (Å²) in [5.74, 6) is -0.925. The normalized spacial score (nSPS) is 10.4. The molecule has 0 fully saturated rings. The van der Waals surface area contributed by atoms with E-state index in [-0.39, 0.29) is 0 Å². The summed E-state index contributed by atoms with van der Waals surface area (Å²) in [4.78, 5) is 11.0. The number of rotatable bonds is 2. The molecule has 1 heterocycles. The van der Waals surface area contributed by atoms with E-state index in [1.165, 1.54) is 0 Å². The SMILES string of the molecule is Cn1ccc(C(=O)O)c1-c1ccc(Cl)cc1. The van der Waals surface area contributed by atoms with E-state index in [0.717, 1.165) is 5.56 Å². The number of halogens is 1. The number of nitrogens with zero attached hydrogens (tertiary/aromatic N) is 1. The van der Waals surface area contributed by atoms with Crippen molar-refractivity contribution in [2.75, 3.05) is 0 Å². The Bertz CT molecular complexity index is 528. The number of benzene rings is 1. The lowest BCUT2D eigenvalue weighted by atomic mass is 10.1. The van der Waals surface area contributed by atoms with Gasteiger partial charge in [-0.15, -0.1) is 0 Å². The van der Waals surface area contributed by atoms with E-state index in [2.05, 4.69) is 0 Å². The fraction of sp³-hybridized carbons (Fsp3) is 0.0833. The average Bonchev–Trinajstić information content (AvgIpc) is 2.62. The Balaban J connectivity index is 2.58. The van der Waals surface area contributed by atoms with E-state index in [4.69, 9.17) is 16.7 Å².